The van der Waals surface area contributed by atoms with Gasteiger partial charge in [0, 0.05) is 12.4 Å². The van der Waals surface area contributed by atoms with E-state index >= 15 is 0 Å². The summed E-state index contributed by atoms with van der Waals surface area (Å²) >= 11 is 1.48. The Balaban J connectivity index is 2.08. The number of aromatic nitrogens is 1. The van der Waals surface area contributed by atoms with Gasteiger partial charge in [-0.15, -0.1) is 11.3 Å². The fourth-order valence-electron chi connectivity index (χ4n) is 2.34. The molecular formula is C12H18N2O2S. The highest BCUT2D eigenvalue weighted by Crippen LogP contribution is 2.23. The summed E-state index contributed by atoms with van der Waals surface area (Å²) in [6.45, 7) is 1.89. The van der Waals surface area contributed by atoms with E-state index in [1.165, 1.54) is 11.3 Å². The Morgan fingerprint density at radius 3 is 2.82 bits per heavy atom. The molecular weight excluding hydrogens is 236 g/mol. The van der Waals surface area contributed by atoms with E-state index in [9.17, 15) is 9.90 Å². The fourth-order valence-corrected chi connectivity index (χ4v) is 2.92. The average molecular weight is 254 g/mol. The molecule has 94 valence electrons. The molecule has 1 saturated carbocycles. The van der Waals surface area contributed by atoms with Gasteiger partial charge in [0.2, 0.25) is 0 Å². The van der Waals surface area contributed by atoms with Gasteiger partial charge in [-0.25, -0.2) is 4.98 Å². The molecule has 17 heavy (non-hydrogen) atoms. The van der Waals surface area contributed by atoms with E-state index in [4.69, 9.17) is 0 Å². The molecule has 0 spiro atoms. The van der Waals surface area contributed by atoms with Crippen molar-refractivity contribution in [3.8, 4) is 0 Å². The van der Waals surface area contributed by atoms with Gasteiger partial charge in [-0.05, 0) is 19.8 Å². The lowest BCUT2D eigenvalue weighted by Crippen LogP contribution is -2.46. The predicted octanol–water partition coefficient (Wildman–Crippen LogP) is 1.83. The van der Waals surface area contributed by atoms with Crippen molar-refractivity contribution < 1.29 is 9.90 Å². The average Bonchev–Trinajstić information content (AvgIpc) is 2.75. The third-order valence-corrected chi connectivity index (χ3v) is 4.12. The van der Waals surface area contributed by atoms with Crippen molar-refractivity contribution >= 4 is 17.2 Å². The maximum Gasteiger partial charge on any atom is 0.273 e. The largest absolute Gasteiger partial charge is 0.391 e. The van der Waals surface area contributed by atoms with Crippen LogP contribution in [0, 0.1) is 6.92 Å². The molecule has 1 aromatic heterocycles. The van der Waals surface area contributed by atoms with E-state index in [1.807, 2.05) is 6.92 Å². The second-order valence-corrected chi connectivity index (χ2v) is 5.65. The first-order valence-electron chi connectivity index (χ1n) is 5.97. The van der Waals surface area contributed by atoms with Crippen molar-refractivity contribution in [1.82, 2.24) is 9.88 Å². The molecule has 2 rings (SSSR count). The van der Waals surface area contributed by atoms with Crippen LogP contribution < -0.4 is 0 Å². The highest BCUT2D eigenvalue weighted by molar-refractivity contribution is 7.09. The molecule has 1 aromatic rings. The van der Waals surface area contributed by atoms with Crippen molar-refractivity contribution in [2.75, 3.05) is 7.05 Å². The third kappa shape index (κ3) is 2.66. The van der Waals surface area contributed by atoms with Gasteiger partial charge >= 0.3 is 0 Å². The number of carbonyl (C=O) groups excluding carboxylic acids is 1. The lowest BCUT2D eigenvalue weighted by molar-refractivity contribution is 0.0265. The van der Waals surface area contributed by atoms with Crippen molar-refractivity contribution in [3.05, 3.63) is 16.1 Å². The molecule has 1 aliphatic rings. The van der Waals surface area contributed by atoms with Gasteiger partial charge in [0.25, 0.3) is 5.91 Å². The third-order valence-electron chi connectivity index (χ3n) is 3.35. The molecule has 1 N–H and O–H groups in total. The Morgan fingerprint density at radius 2 is 2.24 bits per heavy atom. The molecule has 1 heterocycles. The van der Waals surface area contributed by atoms with Crippen LogP contribution in [0.15, 0.2) is 5.38 Å². The molecule has 0 radical (unpaired) electrons. The standard InChI is InChI=1S/C12H18N2O2S/c1-8-13-9(7-17-8)12(16)14(2)10-5-3-4-6-11(10)15/h7,10-11,15H,3-6H2,1-2H3/t10-,11-/m0/s1. The number of aliphatic hydroxyl groups is 1. The van der Waals surface area contributed by atoms with Crippen molar-refractivity contribution in [2.24, 2.45) is 0 Å². The Kier molecular flexibility index (Phi) is 3.79. The summed E-state index contributed by atoms with van der Waals surface area (Å²) in [6.07, 6.45) is 3.41. The minimum absolute atomic E-state index is 0.0572. The summed E-state index contributed by atoms with van der Waals surface area (Å²) in [5, 5.41) is 12.6. The van der Waals surface area contributed by atoms with E-state index in [1.54, 1.807) is 17.3 Å². The molecule has 1 amide bonds. The molecule has 0 saturated heterocycles. The molecule has 2 atom stereocenters. The lowest BCUT2D eigenvalue weighted by Gasteiger charge is -2.34. The zero-order valence-electron chi connectivity index (χ0n) is 10.2. The van der Waals surface area contributed by atoms with E-state index < -0.39 is 6.10 Å². The number of hydrogen-bond acceptors (Lipinski definition) is 4. The highest BCUT2D eigenvalue weighted by Gasteiger charge is 2.30. The molecule has 0 aromatic carbocycles. The second kappa shape index (κ2) is 5.14. The van der Waals surface area contributed by atoms with Crippen LogP contribution in [0.25, 0.3) is 0 Å². The van der Waals surface area contributed by atoms with E-state index in [0.29, 0.717) is 5.69 Å². The van der Waals surface area contributed by atoms with Crippen molar-refractivity contribution in [1.29, 1.82) is 0 Å². The van der Waals surface area contributed by atoms with Crippen LogP contribution in [-0.2, 0) is 0 Å². The number of aryl methyl sites for hydroxylation is 1. The normalized spacial score (nSPS) is 24.6. The number of carbonyl (C=O) groups is 1. The first-order chi connectivity index (χ1) is 8.09. The molecule has 1 aliphatic carbocycles. The number of nitrogens with zero attached hydrogens (tertiary/aromatic N) is 2. The summed E-state index contributed by atoms with van der Waals surface area (Å²) in [4.78, 5) is 18.0. The highest BCUT2D eigenvalue weighted by atomic mass is 32.1. The lowest BCUT2D eigenvalue weighted by atomic mass is 9.91. The van der Waals surface area contributed by atoms with Crippen LogP contribution in [0.2, 0.25) is 0 Å². The summed E-state index contributed by atoms with van der Waals surface area (Å²) in [5.41, 5.74) is 0.493. The van der Waals surface area contributed by atoms with Gasteiger partial charge in [0.05, 0.1) is 17.2 Å². The van der Waals surface area contributed by atoms with Crippen LogP contribution in [0.3, 0.4) is 0 Å². The van der Waals surface area contributed by atoms with Crippen LogP contribution >= 0.6 is 11.3 Å². The smallest absolute Gasteiger partial charge is 0.273 e. The van der Waals surface area contributed by atoms with E-state index in [0.717, 1.165) is 30.7 Å². The Labute approximate surface area is 105 Å². The zero-order valence-corrected chi connectivity index (χ0v) is 11.0. The molecule has 0 bridgehead atoms. The zero-order chi connectivity index (χ0) is 12.4. The van der Waals surface area contributed by atoms with Crippen LogP contribution in [-0.4, -0.2) is 40.1 Å². The number of hydrogen-bond donors (Lipinski definition) is 1. The quantitative estimate of drug-likeness (QED) is 0.876. The first-order valence-corrected chi connectivity index (χ1v) is 6.85. The summed E-state index contributed by atoms with van der Waals surface area (Å²) in [6, 6.07) is -0.0572. The molecule has 4 nitrogen and oxygen atoms in total. The Hall–Kier alpha value is -0.940. The summed E-state index contributed by atoms with van der Waals surface area (Å²) in [7, 11) is 1.76. The molecule has 5 heteroatoms. The van der Waals surface area contributed by atoms with E-state index in [-0.39, 0.29) is 11.9 Å². The van der Waals surface area contributed by atoms with Gasteiger partial charge < -0.3 is 10.0 Å². The monoisotopic (exact) mass is 254 g/mol. The van der Waals surface area contributed by atoms with Crippen LogP contribution in [0.5, 0.6) is 0 Å². The van der Waals surface area contributed by atoms with Crippen molar-refractivity contribution in [2.45, 2.75) is 44.8 Å². The molecule has 1 fully saturated rings. The molecule has 0 aliphatic heterocycles. The first kappa shape index (κ1) is 12.5. The minimum atomic E-state index is -0.391. The Morgan fingerprint density at radius 1 is 1.53 bits per heavy atom. The predicted molar refractivity (Wildman–Crippen MR) is 67.2 cm³/mol. The number of amides is 1. The number of rotatable bonds is 2. The maximum atomic E-state index is 12.2. The summed E-state index contributed by atoms with van der Waals surface area (Å²) in [5.74, 6) is -0.0831. The number of aliphatic hydroxyl groups excluding tert-OH is 1. The van der Waals surface area contributed by atoms with Gasteiger partial charge in [0.1, 0.15) is 5.69 Å². The number of likely N-dealkylation sites (N-methyl/N-ethyl adjacent to an activating group) is 1. The fraction of sp³-hybridized carbons (Fsp3) is 0.667. The van der Waals surface area contributed by atoms with Gasteiger partial charge in [-0.1, -0.05) is 12.8 Å². The van der Waals surface area contributed by atoms with Gasteiger partial charge in [-0.2, -0.15) is 0 Å². The van der Waals surface area contributed by atoms with Crippen LogP contribution in [0.1, 0.15) is 41.2 Å². The number of thiazole rings is 1. The minimum Gasteiger partial charge on any atom is -0.391 e. The Bertz CT molecular complexity index is 405. The van der Waals surface area contributed by atoms with E-state index in [2.05, 4.69) is 4.98 Å². The summed E-state index contributed by atoms with van der Waals surface area (Å²) < 4.78 is 0. The maximum absolute atomic E-state index is 12.2. The van der Waals surface area contributed by atoms with Gasteiger partial charge in [-0.3, -0.25) is 4.79 Å². The topological polar surface area (TPSA) is 53.4 Å². The van der Waals surface area contributed by atoms with Gasteiger partial charge in [0.15, 0.2) is 0 Å². The SMILES string of the molecule is Cc1nc(C(=O)N(C)[C@H]2CCCC[C@@H]2O)cs1. The molecule has 0 unspecified atom stereocenters. The van der Waals surface area contributed by atoms with Crippen LogP contribution in [0.4, 0.5) is 0 Å². The second-order valence-electron chi connectivity index (χ2n) is 4.59. The van der Waals surface area contributed by atoms with Crippen molar-refractivity contribution in [3.63, 3.8) is 0 Å².